The van der Waals surface area contributed by atoms with Crippen molar-refractivity contribution in [2.75, 3.05) is 6.61 Å². The van der Waals surface area contributed by atoms with Gasteiger partial charge in [-0.2, -0.15) is 8.62 Å². The van der Waals surface area contributed by atoms with E-state index < -0.39 is 76.8 Å². The van der Waals surface area contributed by atoms with E-state index in [2.05, 4.69) is 13.1 Å². The van der Waals surface area contributed by atoms with Crippen LogP contribution < -0.4 is 11.2 Å². The van der Waals surface area contributed by atoms with Crippen LogP contribution in [0.2, 0.25) is 5.02 Å². The third-order valence-electron chi connectivity index (χ3n) is 3.89. The van der Waals surface area contributed by atoms with Gasteiger partial charge in [-0.15, -0.1) is 0 Å². The van der Waals surface area contributed by atoms with Crippen LogP contribution in [0.3, 0.4) is 0 Å². The monoisotopic (exact) mass is 568 g/mol. The quantitative estimate of drug-likeness (QED) is 0.172. The van der Waals surface area contributed by atoms with Crippen molar-refractivity contribution in [2.24, 2.45) is 0 Å². The Hall–Kier alpha value is -0.880. The van der Waals surface area contributed by atoms with Crippen molar-refractivity contribution < 1.29 is 70.1 Å². The molecule has 17 nitrogen and oxygen atoms in total. The molecule has 2 rings (SSSR count). The maximum atomic E-state index is 13.8. The SMILES string of the molecule is O=c1[nH]c(=O)n(C2OC(COP(=O)(O)OP(=O)(O)OP(=O)(O)O)(C(F)F)C(O)C2O)cc1Cl. The highest BCUT2D eigenvalue weighted by Gasteiger charge is 2.61. The Kier molecular flexibility index (Phi) is 8.28. The largest absolute Gasteiger partial charge is 0.490 e. The number of aliphatic hydroxyl groups excluding tert-OH is 2. The van der Waals surface area contributed by atoms with E-state index >= 15 is 0 Å². The highest BCUT2D eigenvalue weighted by molar-refractivity contribution is 7.66. The number of H-pyrrole nitrogens is 1. The maximum Gasteiger partial charge on any atom is 0.490 e. The zero-order valence-electron chi connectivity index (χ0n) is 15.4. The number of nitrogens with one attached hydrogen (secondary N) is 1. The summed E-state index contributed by atoms with van der Waals surface area (Å²) < 4.78 is 77.3. The van der Waals surface area contributed by atoms with Crippen LogP contribution in [-0.2, 0) is 31.6 Å². The van der Waals surface area contributed by atoms with E-state index in [-0.39, 0.29) is 0 Å². The van der Waals surface area contributed by atoms with Crippen LogP contribution in [0.1, 0.15) is 6.23 Å². The number of aromatic nitrogens is 2. The van der Waals surface area contributed by atoms with Gasteiger partial charge in [0, 0.05) is 6.20 Å². The van der Waals surface area contributed by atoms with Gasteiger partial charge in [-0.05, 0) is 0 Å². The van der Waals surface area contributed by atoms with Gasteiger partial charge in [-0.25, -0.2) is 27.3 Å². The summed E-state index contributed by atoms with van der Waals surface area (Å²) in [6.45, 7) is -1.85. The zero-order valence-corrected chi connectivity index (χ0v) is 18.8. The summed E-state index contributed by atoms with van der Waals surface area (Å²) in [5, 5.41) is 19.6. The number of phosphoric ester groups is 1. The molecule has 0 spiro atoms. The zero-order chi connectivity index (χ0) is 25.6. The summed E-state index contributed by atoms with van der Waals surface area (Å²) in [4.78, 5) is 60.3. The summed E-state index contributed by atoms with van der Waals surface area (Å²) in [5.41, 5.74) is -5.78. The van der Waals surface area contributed by atoms with Gasteiger partial charge in [0.1, 0.15) is 17.2 Å². The summed E-state index contributed by atoms with van der Waals surface area (Å²) in [6.07, 6.45) is -10.4. The first kappa shape index (κ1) is 28.4. The Morgan fingerprint density at radius 1 is 1.15 bits per heavy atom. The normalized spacial score (nSPS) is 29.7. The topological polar surface area (TPSA) is 264 Å². The van der Waals surface area contributed by atoms with Crippen LogP contribution in [0.4, 0.5) is 8.78 Å². The number of phosphoric acid groups is 3. The fourth-order valence-electron chi connectivity index (χ4n) is 2.53. The average molecular weight is 569 g/mol. The molecule has 6 unspecified atom stereocenters. The Balaban J connectivity index is 2.31. The van der Waals surface area contributed by atoms with Crippen LogP contribution >= 0.6 is 35.1 Å². The van der Waals surface area contributed by atoms with E-state index in [1.807, 2.05) is 0 Å². The Bertz CT molecular complexity index is 1150. The third-order valence-corrected chi connectivity index (χ3v) is 7.95. The first-order valence-corrected chi connectivity index (χ1v) is 12.8. The minimum atomic E-state index is -5.98. The molecule has 7 N–H and O–H groups in total. The molecule has 1 aromatic heterocycles. The number of rotatable bonds is 9. The Morgan fingerprint density at radius 2 is 1.73 bits per heavy atom. The molecular weight excluding hydrogens is 554 g/mol. The predicted molar refractivity (Wildman–Crippen MR) is 97.0 cm³/mol. The molecule has 1 fully saturated rings. The highest BCUT2D eigenvalue weighted by Crippen LogP contribution is 2.66. The average Bonchev–Trinajstić information content (AvgIpc) is 2.86. The fourth-order valence-corrected chi connectivity index (χ4v) is 5.74. The van der Waals surface area contributed by atoms with Gasteiger partial charge >= 0.3 is 29.2 Å². The molecule has 1 saturated heterocycles. The number of hydrogen-bond donors (Lipinski definition) is 7. The third kappa shape index (κ3) is 6.62. The molecule has 0 amide bonds. The van der Waals surface area contributed by atoms with Gasteiger partial charge in [-0.3, -0.25) is 18.9 Å². The Labute approximate surface area is 184 Å². The molecule has 6 atom stereocenters. The summed E-state index contributed by atoms with van der Waals surface area (Å²) in [7, 11) is -17.6. The number of hydrogen-bond acceptors (Lipinski definition) is 11. The lowest BCUT2D eigenvalue weighted by molar-refractivity contribution is -0.193. The second-order valence-corrected chi connectivity index (χ2v) is 11.0. The van der Waals surface area contributed by atoms with Gasteiger partial charge in [-0.1, -0.05) is 11.6 Å². The number of aromatic amines is 1. The summed E-state index contributed by atoms with van der Waals surface area (Å²) in [6, 6.07) is 0. The van der Waals surface area contributed by atoms with Gasteiger partial charge in [0.05, 0.1) is 6.61 Å². The molecule has 2 heterocycles. The van der Waals surface area contributed by atoms with Crippen molar-refractivity contribution in [3.8, 4) is 0 Å². The van der Waals surface area contributed by atoms with Gasteiger partial charge in [0.15, 0.2) is 11.8 Å². The first-order valence-electron chi connectivity index (χ1n) is 7.92. The van der Waals surface area contributed by atoms with Crippen LogP contribution in [0.5, 0.6) is 0 Å². The molecule has 0 bridgehead atoms. The Morgan fingerprint density at radius 3 is 2.24 bits per heavy atom. The lowest BCUT2D eigenvalue weighted by Crippen LogP contribution is -2.52. The lowest BCUT2D eigenvalue weighted by Gasteiger charge is -2.31. The van der Waals surface area contributed by atoms with E-state index in [1.54, 1.807) is 4.98 Å². The van der Waals surface area contributed by atoms with Crippen molar-refractivity contribution in [3.63, 3.8) is 0 Å². The van der Waals surface area contributed by atoms with Gasteiger partial charge in [0.2, 0.25) is 0 Å². The van der Waals surface area contributed by atoms with Crippen LogP contribution in [0.15, 0.2) is 15.8 Å². The van der Waals surface area contributed by atoms with Crippen molar-refractivity contribution >= 4 is 35.1 Å². The molecule has 0 aliphatic carbocycles. The van der Waals surface area contributed by atoms with Crippen LogP contribution in [0.25, 0.3) is 0 Å². The minimum absolute atomic E-state index is 0.312. The van der Waals surface area contributed by atoms with Crippen molar-refractivity contribution in [1.82, 2.24) is 9.55 Å². The molecule has 1 aliphatic rings. The van der Waals surface area contributed by atoms with Crippen LogP contribution in [-0.4, -0.2) is 70.2 Å². The molecule has 0 saturated carbocycles. The van der Waals surface area contributed by atoms with E-state index in [0.717, 1.165) is 0 Å². The maximum absolute atomic E-state index is 13.8. The minimum Gasteiger partial charge on any atom is -0.387 e. The van der Waals surface area contributed by atoms with Crippen LogP contribution in [0, 0.1) is 0 Å². The lowest BCUT2D eigenvalue weighted by atomic mass is 9.96. The summed E-state index contributed by atoms with van der Waals surface area (Å²) >= 11 is 5.53. The van der Waals surface area contributed by atoms with Crippen molar-refractivity contribution in [2.45, 2.75) is 30.5 Å². The number of halogens is 3. The molecule has 23 heteroatoms. The highest BCUT2D eigenvalue weighted by atomic mass is 35.5. The van der Waals surface area contributed by atoms with E-state index in [9.17, 15) is 47.2 Å². The number of nitrogens with zero attached hydrogens (tertiary/aromatic N) is 1. The first-order chi connectivity index (χ1) is 14.8. The fraction of sp³-hybridized carbons (Fsp3) is 0.600. The molecule has 33 heavy (non-hydrogen) atoms. The standard InChI is InChI=1S/C10H14ClF2N2O15P3/c11-3-1-15(9(19)14-6(3)18)7-4(16)5(17)10(28-7,8(12)13)2-27-32(23,24)30-33(25,26)29-31(20,21)22/h1,4-5,7-8,16-17H,2H2,(H,23,24)(H,25,26)(H,14,18,19)(H2,20,21,22). The summed E-state index contributed by atoms with van der Waals surface area (Å²) in [5.74, 6) is 0. The number of ether oxygens (including phenoxy) is 1. The molecule has 0 radical (unpaired) electrons. The molecule has 1 aliphatic heterocycles. The second-order valence-electron chi connectivity index (χ2n) is 6.21. The molecule has 1 aromatic rings. The van der Waals surface area contributed by atoms with Crippen molar-refractivity contribution in [1.29, 1.82) is 0 Å². The van der Waals surface area contributed by atoms with Gasteiger partial charge < -0.3 is 34.5 Å². The molecule has 190 valence electrons. The molecular formula is C10H14ClF2N2O15P3. The van der Waals surface area contributed by atoms with E-state index in [4.69, 9.17) is 31.0 Å². The van der Waals surface area contributed by atoms with Crippen molar-refractivity contribution in [3.05, 3.63) is 32.1 Å². The van der Waals surface area contributed by atoms with Gasteiger partial charge in [0.25, 0.3) is 12.0 Å². The van der Waals surface area contributed by atoms with E-state index in [0.29, 0.717) is 10.8 Å². The van der Waals surface area contributed by atoms with E-state index in [1.165, 1.54) is 0 Å². The number of alkyl halides is 2. The smallest absolute Gasteiger partial charge is 0.387 e. The second kappa shape index (κ2) is 9.64. The molecule has 0 aromatic carbocycles. The predicted octanol–water partition coefficient (Wildman–Crippen LogP) is -1.21. The number of aliphatic hydroxyl groups is 2.